The highest BCUT2D eigenvalue weighted by Gasteiger charge is 2.38. The van der Waals surface area contributed by atoms with Gasteiger partial charge in [0.25, 0.3) is 5.56 Å². The molecule has 0 N–H and O–H groups in total. The topological polar surface area (TPSA) is 56.0 Å². The number of benzene rings is 2. The van der Waals surface area contributed by atoms with Crippen molar-refractivity contribution < 1.29 is 0 Å². The van der Waals surface area contributed by atoms with Crippen LogP contribution in [0.4, 0.5) is 5.82 Å². The second kappa shape index (κ2) is 10.1. The van der Waals surface area contributed by atoms with Gasteiger partial charge in [-0.2, -0.15) is 0 Å². The third-order valence-electron chi connectivity index (χ3n) is 8.05. The molecule has 2 aromatic carbocycles. The zero-order valence-electron chi connectivity index (χ0n) is 22.2. The molecule has 3 aromatic heterocycles. The third-order valence-corrected chi connectivity index (χ3v) is 8.51. The van der Waals surface area contributed by atoms with E-state index >= 15 is 0 Å². The van der Waals surface area contributed by atoms with Crippen molar-refractivity contribution in [3.8, 4) is 11.1 Å². The second-order valence-corrected chi connectivity index (χ2v) is 11.9. The number of hydrogen-bond donors (Lipinski definition) is 0. The molecule has 2 fully saturated rings. The molecule has 0 radical (unpaired) electrons. The molecule has 0 aliphatic heterocycles. The van der Waals surface area contributed by atoms with Crippen LogP contribution in [-0.2, 0) is 13.6 Å². The van der Waals surface area contributed by atoms with Gasteiger partial charge in [-0.25, -0.2) is 9.97 Å². The summed E-state index contributed by atoms with van der Waals surface area (Å²) in [5, 5.41) is 2.29. The van der Waals surface area contributed by atoms with Crippen molar-refractivity contribution in [1.29, 1.82) is 0 Å². The number of hydrogen-bond acceptors (Lipinski definition) is 4. The Labute approximate surface area is 242 Å². The Kier molecular flexibility index (Phi) is 6.40. The van der Waals surface area contributed by atoms with Gasteiger partial charge in [-0.1, -0.05) is 41.4 Å². The number of aromatic nitrogens is 4. The lowest BCUT2D eigenvalue weighted by atomic mass is 9.95. The molecule has 6 nitrogen and oxygen atoms in total. The van der Waals surface area contributed by atoms with E-state index in [1.807, 2.05) is 60.5 Å². The number of halogens is 2. The van der Waals surface area contributed by atoms with E-state index in [0.29, 0.717) is 22.0 Å². The molecule has 3 heterocycles. The van der Waals surface area contributed by atoms with Crippen molar-refractivity contribution >= 4 is 39.9 Å². The van der Waals surface area contributed by atoms with Crippen molar-refractivity contribution in [2.45, 2.75) is 44.3 Å². The first kappa shape index (κ1) is 25.4. The van der Waals surface area contributed by atoms with Crippen LogP contribution in [0.2, 0.25) is 10.0 Å². The predicted octanol–water partition coefficient (Wildman–Crippen LogP) is 7.27. The minimum Gasteiger partial charge on any atom is -0.341 e. The Hall–Kier alpha value is -3.61. The minimum absolute atomic E-state index is 0.0234. The fraction of sp³-hybridized carbons (Fsp3) is 0.281. The summed E-state index contributed by atoms with van der Waals surface area (Å²) in [6, 6.07) is 20.2. The largest absolute Gasteiger partial charge is 0.341 e. The Morgan fingerprint density at radius 3 is 2.50 bits per heavy atom. The number of rotatable bonds is 8. The van der Waals surface area contributed by atoms with Gasteiger partial charge in [-0.3, -0.25) is 4.79 Å². The Balaban J connectivity index is 1.46. The van der Waals surface area contributed by atoms with Crippen LogP contribution in [0.1, 0.15) is 43.0 Å². The molecular weight excluding hydrogens is 541 g/mol. The van der Waals surface area contributed by atoms with Gasteiger partial charge in [0, 0.05) is 42.3 Å². The maximum absolute atomic E-state index is 13.4. The summed E-state index contributed by atoms with van der Waals surface area (Å²) in [6.45, 7) is 0.749. The Morgan fingerprint density at radius 2 is 1.82 bits per heavy atom. The standard InChI is InChI=1S/C32H29Cl2N5O/c1-37-19-35-17-29(37)32(39(25-9-10-25)30-12-8-24(34)16-36-30)22-7-11-28-27(14-22)26(21-3-2-4-23(33)13-21)15-31(40)38(28)18-20-5-6-20/h2-4,7-8,11-17,19-20,25,32H,5-6,9-10,18H2,1H3. The fourth-order valence-electron chi connectivity index (χ4n) is 5.72. The van der Waals surface area contributed by atoms with Crippen LogP contribution in [0.15, 0.2) is 84.2 Å². The smallest absolute Gasteiger partial charge is 0.251 e. The molecule has 7 rings (SSSR count). The van der Waals surface area contributed by atoms with Gasteiger partial charge in [-0.15, -0.1) is 0 Å². The molecule has 5 aromatic rings. The average molecular weight is 571 g/mol. The maximum Gasteiger partial charge on any atom is 0.251 e. The number of nitrogens with zero attached hydrogens (tertiary/aromatic N) is 5. The summed E-state index contributed by atoms with van der Waals surface area (Å²) in [4.78, 5) is 25.0. The third kappa shape index (κ3) is 4.80. The molecule has 1 atom stereocenters. The number of imidazole rings is 1. The molecule has 0 amide bonds. The van der Waals surface area contributed by atoms with Gasteiger partial charge in [0.15, 0.2) is 0 Å². The van der Waals surface area contributed by atoms with E-state index in [4.69, 9.17) is 28.2 Å². The quantitative estimate of drug-likeness (QED) is 0.197. The van der Waals surface area contributed by atoms with E-state index in [1.54, 1.807) is 12.3 Å². The van der Waals surface area contributed by atoms with E-state index < -0.39 is 0 Å². The molecule has 202 valence electrons. The van der Waals surface area contributed by atoms with Crippen molar-refractivity contribution in [2.24, 2.45) is 13.0 Å². The molecule has 2 saturated carbocycles. The molecule has 8 heteroatoms. The predicted molar refractivity (Wildman–Crippen MR) is 161 cm³/mol. The van der Waals surface area contributed by atoms with Gasteiger partial charge >= 0.3 is 0 Å². The number of anilines is 1. The first-order chi connectivity index (χ1) is 19.5. The summed E-state index contributed by atoms with van der Waals surface area (Å²) in [7, 11) is 2.03. The van der Waals surface area contributed by atoms with E-state index in [9.17, 15) is 4.79 Å². The molecule has 0 spiro atoms. The van der Waals surface area contributed by atoms with Gasteiger partial charge in [0.1, 0.15) is 5.82 Å². The van der Waals surface area contributed by atoms with Crippen LogP contribution in [0, 0.1) is 5.92 Å². The van der Waals surface area contributed by atoms with Crippen LogP contribution in [0.5, 0.6) is 0 Å². The number of fused-ring (bicyclic) bond motifs is 1. The van der Waals surface area contributed by atoms with E-state index in [1.165, 1.54) is 12.8 Å². The average Bonchev–Trinajstić information content (AvgIpc) is 3.89. The van der Waals surface area contributed by atoms with Crippen molar-refractivity contribution in [3.63, 3.8) is 0 Å². The van der Waals surface area contributed by atoms with Crippen LogP contribution in [-0.4, -0.2) is 25.1 Å². The summed E-state index contributed by atoms with van der Waals surface area (Å²) in [5.41, 5.74) is 4.97. The highest BCUT2D eigenvalue weighted by molar-refractivity contribution is 6.31. The van der Waals surface area contributed by atoms with E-state index in [2.05, 4.69) is 32.7 Å². The van der Waals surface area contributed by atoms with Gasteiger partial charge < -0.3 is 14.0 Å². The van der Waals surface area contributed by atoms with Crippen LogP contribution >= 0.6 is 23.2 Å². The van der Waals surface area contributed by atoms with E-state index in [-0.39, 0.29) is 11.6 Å². The van der Waals surface area contributed by atoms with E-state index in [0.717, 1.165) is 58.5 Å². The van der Waals surface area contributed by atoms with Gasteiger partial charge in [-0.05, 0) is 84.7 Å². The zero-order chi connectivity index (χ0) is 27.4. The zero-order valence-corrected chi connectivity index (χ0v) is 23.7. The lowest BCUT2D eigenvalue weighted by molar-refractivity contribution is 0.626. The van der Waals surface area contributed by atoms with Gasteiger partial charge in [0.05, 0.1) is 34.8 Å². The lowest BCUT2D eigenvalue weighted by Crippen LogP contribution is -2.33. The summed E-state index contributed by atoms with van der Waals surface area (Å²) < 4.78 is 4.02. The van der Waals surface area contributed by atoms with Crippen LogP contribution < -0.4 is 10.5 Å². The van der Waals surface area contributed by atoms with Crippen LogP contribution in [0.3, 0.4) is 0 Å². The molecular formula is C32H29Cl2N5O. The Morgan fingerprint density at radius 1 is 0.975 bits per heavy atom. The first-order valence-electron chi connectivity index (χ1n) is 13.8. The molecule has 40 heavy (non-hydrogen) atoms. The molecule has 2 aliphatic carbocycles. The van der Waals surface area contributed by atoms with Crippen molar-refractivity contribution in [2.75, 3.05) is 4.90 Å². The van der Waals surface area contributed by atoms with Gasteiger partial charge in [0.2, 0.25) is 0 Å². The highest BCUT2D eigenvalue weighted by Crippen LogP contribution is 2.42. The summed E-state index contributed by atoms with van der Waals surface area (Å²) in [5.74, 6) is 1.45. The number of pyridine rings is 2. The normalized spacial score (nSPS) is 15.9. The molecule has 1 unspecified atom stereocenters. The first-order valence-corrected chi connectivity index (χ1v) is 14.5. The molecule has 2 aliphatic rings. The monoisotopic (exact) mass is 569 g/mol. The second-order valence-electron chi connectivity index (χ2n) is 11.0. The van der Waals surface area contributed by atoms with Crippen LogP contribution in [0.25, 0.3) is 22.0 Å². The maximum atomic E-state index is 13.4. The van der Waals surface area contributed by atoms with Crippen molar-refractivity contribution in [3.05, 3.63) is 111 Å². The highest BCUT2D eigenvalue weighted by atomic mass is 35.5. The number of aryl methyl sites for hydroxylation is 1. The minimum atomic E-state index is -0.130. The fourth-order valence-corrected chi connectivity index (χ4v) is 6.02. The van der Waals surface area contributed by atoms with Crippen molar-refractivity contribution in [1.82, 2.24) is 19.1 Å². The molecule has 0 bridgehead atoms. The lowest BCUT2D eigenvalue weighted by Gasteiger charge is -2.34. The summed E-state index contributed by atoms with van der Waals surface area (Å²) >= 11 is 12.6. The summed E-state index contributed by atoms with van der Waals surface area (Å²) in [6.07, 6.45) is 10.0. The SMILES string of the molecule is Cn1cncc1C(c1ccc2c(c1)c(-c1cccc(Cl)c1)cc(=O)n2CC1CC1)N(c1ccc(Cl)cn1)C1CC1. The Bertz CT molecular complexity index is 1770. The molecule has 0 saturated heterocycles.